The number of nitrogens with zero attached hydrogens (tertiary/aromatic N) is 3. The summed E-state index contributed by atoms with van der Waals surface area (Å²) in [6.45, 7) is 1.23. The van der Waals surface area contributed by atoms with Crippen LogP contribution in [0.1, 0.15) is 30.1 Å². The molecule has 1 unspecified atom stereocenters. The van der Waals surface area contributed by atoms with Gasteiger partial charge >= 0.3 is 11.9 Å². The molecular weight excluding hydrogens is 302 g/mol. The van der Waals surface area contributed by atoms with Crippen molar-refractivity contribution in [2.45, 2.75) is 38.0 Å². The highest BCUT2D eigenvalue weighted by Crippen LogP contribution is 2.25. The molecule has 0 aliphatic heterocycles. The summed E-state index contributed by atoms with van der Waals surface area (Å²) >= 11 is 0. The molecule has 0 N–H and O–H groups in total. The van der Waals surface area contributed by atoms with Crippen molar-refractivity contribution in [1.29, 1.82) is 0 Å². The van der Waals surface area contributed by atoms with Crippen LogP contribution in [0.15, 0.2) is 35.4 Å². The van der Waals surface area contributed by atoms with Gasteiger partial charge in [0.05, 0.1) is 11.6 Å². The molecule has 8 nitrogen and oxygen atoms in total. The molecule has 2 rings (SSSR count). The first-order valence-electron chi connectivity index (χ1n) is 7.01. The van der Waals surface area contributed by atoms with Crippen LogP contribution in [0.3, 0.4) is 0 Å². The Hall–Kier alpha value is -2.86. The summed E-state index contributed by atoms with van der Waals surface area (Å²) in [5.41, 5.74) is 8.93. The monoisotopic (exact) mass is 317 g/mol. The number of rotatable bonds is 4. The molecule has 0 amide bonds. The Balaban J connectivity index is 2.13. The normalized spacial score (nSPS) is 23.5. The lowest BCUT2D eigenvalue weighted by molar-refractivity contribution is -0.152. The van der Waals surface area contributed by atoms with Gasteiger partial charge in [-0.3, -0.25) is 9.59 Å². The van der Waals surface area contributed by atoms with Crippen molar-refractivity contribution >= 4 is 17.7 Å². The molecular formula is C15H15N3O5. The summed E-state index contributed by atoms with van der Waals surface area (Å²) < 4.78 is 10.2. The van der Waals surface area contributed by atoms with Gasteiger partial charge in [0, 0.05) is 18.3 Å². The van der Waals surface area contributed by atoms with Gasteiger partial charge in [0.25, 0.3) is 0 Å². The van der Waals surface area contributed by atoms with Crippen LogP contribution in [0.4, 0.5) is 0 Å². The zero-order valence-corrected chi connectivity index (χ0v) is 12.4. The number of ether oxygens (including phenoxy) is 2. The van der Waals surface area contributed by atoms with E-state index in [-0.39, 0.29) is 12.8 Å². The first-order chi connectivity index (χ1) is 11.0. The van der Waals surface area contributed by atoms with Crippen LogP contribution in [0.25, 0.3) is 10.4 Å². The zero-order chi connectivity index (χ0) is 16.8. The predicted octanol–water partition coefficient (Wildman–Crippen LogP) is 2.19. The van der Waals surface area contributed by atoms with E-state index in [0.717, 1.165) is 0 Å². The molecule has 23 heavy (non-hydrogen) atoms. The molecule has 0 radical (unpaired) electrons. The number of hydrogen-bond acceptors (Lipinski definition) is 6. The molecule has 1 aromatic carbocycles. The van der Waals surface area contributed by atoms with Gasteiger partial charge in [0.15, 0.2) is 11.9 Å². The fraction of sp³-hybridized carbons (Fsp3) is 0.400. The number of carbonyl (C=O) groups excluding carboxylic acids is 3. The second kappa shape index (κ2) is 7.42. The van der Waals surface area contributed by atoms with Crippen molar-refractivity contribution in [1.82, 2.24) is 0 Å². The molecule has 1 aliphatic carbocycles. The first-order valence-corrected chi connectivity index (χ1v) is 7.01. The lowest BCUT2D eigenvalue weighted by Gasteiger charge is -2.31. The molecule has 3 atom stereocenters. The van der Waals surface area contributed by atoms with E-state index in [2.05, 4.69) is 10.0 Å². The van der Waals surface area contributed by atoms with Crippen molar-refractivity contribution in [2.24, 2.45) is 5.11 Å². The smallest absolute Gasteiger partial charge is 0.338 e. The van der Waals surface area contributed by atoms with Crippen molar-refractivity contribution in [3.05, 3.63) is 46.3 Å². The minimum Gasteiger partial charge on any atom is -0.462 e. The second-order valence-electron chi connectivity index (χ2n) is 5.10. The fourth-order valence-electron chi connectivity index (χ4n) is 2.43. The number of carbonyl (C=O) groups is 3. The number of ketones is 1. The van der Waals surface area contributed by atoms with Crippen LogP contribution < -0.4 is 0 Å². The van der Waals surface area contributed by atoms with Gasteiger partial charge in [-0.15, -0.1) is 0 Å². The molecule has 0 aromatic heterocycles. The Bertz CT molecular complexity index is 654. The van der Waals surface area contributed by atoms with Crippen molar-refractivity contribution in [3.8, 4) is 0 Å². The Morgan fingerprint density at radius 1 is 1.26 bits per heavy atom. The molecule has 1 aliphatic rings. The fourth-order valence-corrected chi connectivity index (χ4v) is 2.43. The first kappa shape index (κ1) is 16.5. The van der Waals surface area contributed by atoms with Crippen LogP contribution in [0, 0.1) is 0 Å². The Morgan fingerprint density at radius 3 is 2.57 bits per heavy atom. The van der Waals surface area contributed by atoms with Crippen molar-refractivity contribution in [2.75, 3.05) is 0 Å². The summed E-state index contributed by atoms with van der Waals surface area (Å²) in [7, 11) is 0. The van der Waals surface area contributed by atoms with Gasteiger partial charge in [-0.25, -0.2) is 4.79 Å². The summed E-state index contributed by atoms with van der Waals surface area (Å²) in [6.07, 6.45) is -1.81. The highest BCUT2D eigenvalue weighted by atomic mass is 16.6. The molecule has 1 aromatic rings. The third-order valence-electron chi connectivity index (χ3n) is 3.38. The van der Waals surface area contributed by atoms with E-state index in [9.17, 15) is 14.4 Å². The number of hydrogen-bond donors (Lipinski definition) is 0. The lowest BCUT2D eigenvalue weighted by Crippen LogP contribution is -2.46. The number of esters is 2. The standard InChI is InChI=1S/C15H15N3O5/c1-9(19)22-11-7-12(17-18-16)14(13(20)8-11)23-15(21)10-5-3-2-4-6-10/h2-6,11-12,14H,7-8H2,1H3/t11-,12?,14+/m1/s1. The van der Waals surface area contributed by atoms with Gasteiger partial charge in [0.1, 0.15) is 6.10 Å². The van der Waals surface area contributed by atoms with E-state index in [1.54, 1.807) is 30.3 Å². The average molecular weight is 317 g/mol. The molecule has 1 fully saturated rings. The summed E-state index contributed by atoms with van der Waals surface area (Å²) in [4.78, 5) is 37.9. The number of Topliss-reactive ketones (excluding diaryl/α,β-unsaturated/α-hetero) is 1. The lowest BCUT2D eigenvalue weighted by atomic mass is 9.89. The van der Waals surface area contributed by atoms with Gasteiger partial charge in [-0.1, -0.05) is 23.3 Å². The van der Waals surface area contributed by atoms with Crippen molar-refractivity contribution < 1.29 is 23.9 Å². The maximum absolute atomic E-state index is 12.2. The van der Waals surface area contributed by atoms with Gasteiger partial charge in [-0.2, -0.15) is 0 Å². The zero-order valence-electron chi connectivity index (χ0n) is 12.4. The molecule has 0 heterocycles. The Labute approximate surface area is 132 Å². The average Bonchev–Trinajstić information content (AvgIpc) is 2.51. The van der Waals surface area contributed by atoms with Crippen molar-refractivity contribution in [3.63, 3.8) is 0 Å². The maximum Gasteiger partial charge on any atom is 0.338 e. The third-order valence-corrected chi connectivity index (χ3v) is 3.38. The van der Waals surface area contributed by atoms with Gasteiger partial charge < -0.3 is 9.47 Å². The molecule has 8 heteroatoms. The van der Waals surface area contributed by atoms with E-state index in [1.165, 1.54) is 6.92 Å². The number of azide groups is 1. The second-order valence-corrected chi connectivity index (χ2v) is 5.10. The van der Waals surface area contributed by atoms with Gasteiger partial charge in [-0.05, 0) is 24.1 Å². The predicted molar refractivity (Wildman–Crippen MR) is 78.4 cm³/mol. The minimum absolute atomic E-state index is 0.0796. The number of benzene rings is 1. The topological polar surface area (TPSA) is 118 Å². The molecule has 1 saturated carbocycles. The van der Waals surface area contributed by atoms with E-state index in [0.29, 0.717) is 5.56 Å². The quantitative estimate of drug-likeness (QED) is 0.365. The van der Waals surface area contributed by atoms with E-state index in [4.69, 9.17) is 15.0 Å². The van der Waals surface area contributed by atoms with Gasteiger partial charge in [0.2, 0.25) is 0 Å². The van der Waals surface area contributed by atoms with Crippen LogP contribution >= 0.6 is 0 Å². The van der Waals surface area contributed by atoms with E-state index in [1.807, 2.05) is 0 Å². The van der Waals surface area contributed by atoms with Crippen LogP contribution in [0.5, 0.6) is 0 Å². The largest absolute Gasteiger partial charge is 0.462 e. The summed E-state index contributed by atoms with van der Waals surface area (Å²) in [5, 5.41) is 3.51. The Kier molecular flexibility index (Phi) is 5.32. The van der Waals surface area contributed by atoms with Crippen LogP contribution in [0.2, 0.25) is 0 Å². The molecule has 120 valence electrons. The summed E-state index contributed by atoms with van der Waals surface area (Å²) in [6, 6.07) is 7.29. The van der Waals surface area contributed by atoms with Crippen LogP contribution in [-0.2, 0) is 19.1 Å². The summed E-state index contributed by atoms with van der Waals surface area (Å²) in [5.74, 6) is -1.64. The Morgan fingerprint density at radius 2 is 1.96 bits per heavy atom. The molecule has 0 bridgehead atoms. The molecule has 0 spiro atoms. The highest BCUT2D eigenvalue weighted by Gasteiger charge is 2.40. The highest BCUT2D eigenvalue weighted by molar-refractivity contribution is 5.93. The van der Waals surface area contributed by atoms with E-state index >= 15 is 0 Å². The van der Waals surface area contributed by atoms with E-state index < -0.39 is 36.0 Å². The maximum atomic E-state index is 12.2. The SMILES string of the molecule is CC(=O)O[C@H]1CC(=O)[C@@H](OC(=O)c2ccccc2)C(N=[N+]=[N-])C1. The third kappa shape index (κ3) is 4.31. The minimum atomic E-state index is -1.18. The molecule has 0 saturated heterocycles. The van der Waals surface area contributed by atoms with Crippen LogP contribution in [-0.4, -0.2) is 36.0 Å².